The van der Waals surface area contributed by atoms with Crippen LogP contribution in [0.3, 0.4) is 0 Å². The van der Waals surface area contributed by atoms with Gasteiger partial charge < -0.3 is 24.8 Å². The van der Waals surface area contributed by atoms with Crippen LogP contribution in [0.4, 0.5) is 5.69 Å². The molecule has 3 rings (SSSR count). The SMILES string of the molecule is COCC1(C(=O)NC2COc3ccccc3NC2=O)CCOC1. The van der Waals surface area contributed by atoms with E-state index >= 15 is 0 Å². The van der Waals surface area contributed by atoms with Crippen LogP contribution in [0.2, 0.25) is 0 Å². The van der Waals surface area contributed by atoms with Gasteiger partial charge in [0, 0.05) is 13.7 Å². The fourth-order valence-electron chi connectivity index (χ4n) is 2.82. The molecule has 0 aliphatic carbocycles. The van der Waals surface area contributed by atoms with E-state index < -0.39 is 11.5 Å². The monoisotopic (exact) mass is 320 g/mol. The van der Waals surface area contributed by atoms with Gasteiger partial charge in [-0.2, -0.15) is 0 Å². The predicted molar refractivity (Wildman–Crippen MR) is 82.2 cm³/mol. The molecule has 0 aromatic heterocycles. The summed E-state index contributed by atoms with van der Waals surface area (Å²) in [6, 6.07) is 6.41. The van der Waals surface area contributed by atoms with E-state index in [4.69, 9.17) is 14.2 Å². The molecule has 2 heterocycles. The van der Waals surface area contributed by atoms with Crippen LogP contribution in [0.25, 0.3) is 0 Å². The van der Waals surface area contributed by atoms with Crippen LogP contribution in [0.1, 0.15) is 6.42 Å². The molecule has 1 fully saturated rings. The van der Waals surface area contributed by atoms with Gasteiger partial charge in [0.25, 0.3) is 5.91 Å². The van der Waals surface area contributed by atoms with Crippen molar-refractivity contribution in [2.45, 2.75) is 12.5 Å². The number of carbonyl (C=O) groups is 2. The minimum absolute atomic E-state index is 0.0819. The molecule has 1 saturated heterocycles. The average Bonchev–Trinajstić information content (AvgIpc) is 2.96. The smallest absolute Gasteiger partial charge is 0.250 e. The lowest BCUT2D eigenvalue weighted by Gasteiger charge is -2.27. The van der Waals surface area contributed by atoms with Gasteiger partial charge in [0.2, 0.25) is 5.91 Å². The Labute approximate surface area is 134 Å². The normalized spacial score (nSPS) is 26.7. The van der Waals surface area contributed by atoms with Crippen LogP contribution in [0.15, 0.2) is 24.3 Å². The van der Waals surface area contributed by atoms with E-state index in [-0.39, 0.29) is 25.0 Å². The van der Waals surface area contributed by atoms with E-state index in [0.717, 1.165) is 0 Å². The predicted octanol–water partition coefficient (Wildman–Crippen LogP) is 0.555. The number of methoxy groups -OCH3 is 1. The molecule has 0 bridgehead atoms. The highest BCUT2D eigenvalue weighted by Crippen LogP contribution is 2.30. The molecule has 23 heavy (non-hydrogen) atoms. The second-order valence-corrected chi connectivity index (χ2v) is 5.84. The Balaban J connectivity index is 1.70. The molecular weight excluding hydrogens is 300 g/mol. The molecule has 7 nitrogen and oxygen atoms in total. The van der Waals surface area contributed by atoms with Crippen molar-refractivity contribution in [3.63, 3.8) is 0 Å². The molecule has 1 aromatic rings. The number of rotatable bonds is 4. The molecule has 2 aliphatic heterocycles. The molecule has 0 saturated carbocycles. The van der Waals surface area contributed by atoms with Crippen molar-refractivity contribution in [3.05, 3.63) is 24.3 Å². The summed E-state index contributed by atoms with van der Waals surface area (Å²) in [5.74, 6) is 0.0507. The Morgan fingerprint density at radius 3 is 3.04 bits per heavy atom. The average molecular weight is 320 g/mol. The first-order valence-corrected chi connectivity index (χ1v) is 7.55. The minimum Gasteiger partial charge on any atom is -0.489 e. The molecule has 0 spiro atoms. The first-order chi connectivity index (χ1) is 11.1. The summed E-state index contributed by atoms with van der Waals surface area (Å²) >= 11 is 0. The van der Waals surface area contributed by atoms with Gasteiger partial charge in [-0.25, -0.2) is 0 Å². The number of carbonyl (C=O) groups excluding carboxylic acids is 2. The topological polar surface area (TPSA) is 85.9 Å². The van der Waals surface area contributed by atoms with E-state index in [1.807, 2.05) is 12.1 Å². The number of nitrogens with one attached hydrogen (secondary N) is 2. The fourth-order valence-corrected chi connectivity index (χ4v) is 2.82. The van der Waals surface area contributed by atoms with Crippen molar-refractivity contribution in [2.24, 2.45) is 5.41 Å². The summed E-state index contributed by atoms with van der Waals surface area (Å²) in [5.41, 5.74) is -0.140. The largest absolute Gasteiger partial charge is 0.489 e. The van der Waals surface area contributed by atoms with Crippen molar-refractivity contribution in [2.75, 3.05) is 38.9 Å². The first-order valence-electron chi connectivity index (χ1n) is 7.55. The second-order valence-electron chi connectivity index (χ2n) is 5.84. The molecule has 124 valence electrons. The van der Waals surface area contributed by atoms with E-state index in [1.165, 1.54) is 0 Å². The Morgan fingerprint density at radius 1 is 1.48 bits per heavy atom. The summed E-state index contributed by atoms with van der Waals surface area (Å²) in [4.78, 5) is 25.0. The molecule has 7 heteroatoms. The van der Waals surface area contributed by atoms with E-state index in [0.29, 0.717) is 31.1 Å². The highest BCUT2D eigenvalue weighted by Gasteiger charge is 2.44. The van der Waals surface area contributed by atoms with Crippen LogP contribution < -0.4 is 15.4 Å². The zero-order valence-electron chi connectivity index (χ0n) is 13.0. The molecular formula is C16H20N2O5. The van der Waals surface area contributed by atoms with Crippen LogP contribution in [-0.2, 0) is 19.1 Å². The van der Waals surface area contributed by atoms with Gasteiger partial charge in [0.05, 0.1) is 24.3 Å². The Hall–Kier alpha value is -2.12. The van der Waals surface area contributed by atoms with Crippen molar-refractivity contribution in [1.82, 2.24) is 5.32 Å². The molecule has 2 amide bonds. The van der Waals surface area contributed by atoms with E-state index in [9.17, 15) is 9.59 Å². The Bertz CT molecular complexity index is 598. The maximum atomic E-state index is 12.6. The van der Waals surface area contributed by atoms with Gasteiger partial charge in [-0.3, -0.25) is 9.59 Å². The standard InChI is InChI=1S/C16H20N2O5/c1-21-9-16(6-7-22-10-16)15(20)18-12-8-23-13-5-3-2-4-11(13)17-14(12)19/h2-5,12H,6-10H2,1H3,(H,17,19)(H,18,20). The van der Waals surface area contributed by atoms with Crippen molar-refractivity contribution in [3.8, 4) is 5.75 Å². The van der Waals surface area contributed by atoms with Crippen LogP contribution >= 0.6 is 0 Å². The van der Waals surface area contributed by atoms with Gasteiger partial charge >= 0.3 is 0 Å². The van der Waals surface area contributed by atoms with Gasteiger partial charge in [0.15, 0.2) is 0 Å². The third kappa shape index (κ3) is 3.16. The quantitative estimate of drug-likeness (QED) is 0.846. The lowest BCUT2D eigenvalue weighted by molar-refractivity contribution is -0.137. The summed E-state index contributed by atoms with van der Waals surface area (Å²) in [5, 5.41) is 5.55. The minimum atomic E-state index is -0.760. The first kappa shape index (κ1) is 15.8. The van der Waals surface area contributed by atoms with Crippen molar-refractivity contribution >= 4 is 17.5 Å². The highest BCUT2D eigenvalue weighted by atomic mass is 16.5. The zero-order valence-corrected chi connectivity index (χ0v) is 13.0. The molecule has 0 radical (unpaired) electrons. The summed E-state index contributed by atoms with van der Waals surface area (Å²) in [6.45, 7) is 1.14. The van der Waals surface area contributed by atoms with Gasteiger partial charge in [-0.1, -0.05) is 12.1 Å². The summed E-state index contributed by atoms with van der Waals surface area (Å²) in [7, 11) is 1.55. The van der Waals surface area contributed by atoms with Crippen LogP contribution in [0.5, 0.6) is 5.75 Å². The summed E-state index contributed by atoms with van der Waals surface area (Å²) in [6.07, 6.45) is 0.572. The Kier molecular flexibility index (Phi) is 4.49. The van der Waals surface area contributed by atoms with Gasteiger partial charge in [-0.05, 0) is 18.6 Å². The van der Waals surface area contributed by atoms with Gasteiger partial charge in [-0.15, -0.1) is 0 Å². The molecule has 2 unspecified atom stereocenters. The fraction of sp³-hybridized carbons (Fsp3) is 0.500. The number of anilines is 1. The maximum Gasteiger partial charge on any atom is 0.250 e. The maximum absolute atomic E-state index is 12.6. The third-order valence-electron chi connectivity index (χ3n) is 4.18. The Morgan fingerprint density at radius 2 is 2.30 bits per heavy atom. The molecule has 2 N–H and O–H groups in total. The van der Waals surface area contributed by atoms with Crippen molar-refractivity contribution in [1.29, 1.82) is 0 Å². The lowest BCUT2D eigenvalue weighted by Crippen LogP contribution is -2.53. The number of hydrogen-bond donors (Lipinski definition) is 2. The zero-order chi connectivity index (χ0) is 16.3. The third-order valence-corrected chi connectivity index (χ3v) is 4.18. The highest BCUT2D eigenvalue weighted by molar-refractivity contribution is 5.99. The molecule has 1 aromatic carbocycles. The number of hydrogen-bond acceptors (Lipinski definition) is 5. The lowest BCUT2D eigenvalue weighted by atomic mass is 9.87. The van der Waals surface area contributed by atoms with Gasteiger partial charge in [0.1, 0.15) is 18.4 Å². The number of fused-ring (bicyclic) bond motifs is 1. The summed E-state index contributed by atoms with van der Waals surface area (Å²) < 4.78 is 16.1. The second kappa shape index (κ2) is 6.55. The number of benzene rings is 1. The van der Waals surface area contributed by atoms with Crippen molar-refractivity contribution < 1.29 is 23.8 Å². The van der Waals surface area contributed by atoms with E-state index in [2.05, 4.69) is 10.6 Å². The molecule has 2 aliphatic rings. The number of ether oxygens (including phenoxy) is 3. The number of amides is 2. The van der Waals surface area contributed by atoms with Crippen LogP contribution in [0, 0.1) is 5.41 Å². The molecule has 2 atom stereocenters. The number of para-hydroxylation sites is 2. The van der Waals surface area contributed by atoms with Crippen LogP contribution in [-0.4, -0.2) is 51.4 Å². The van der Waals surface area contributed by atoms with E-state index in [1.54, 1.807) is 19.2 Å².